The summed E-state index contributed by atoms with van der Waals surface area (Å²) in [6.45, 7) is 5.03. The Hall–Kier alpha value is -3.18. The highest BCUT2D eigenvalue weighted by atomic mass is 16.1. The molecule has 0 spiro atoms. The third-order valence-electron chi connectivity index (χ3n) is 6.91. The van der Waals surface area contributed by atoms with Gasteiger partial charge in [-0.3, -0.25) is 9.78 Å². The topological polar surface area (TPSA) is 66.0 Å². The number of nitrogens with zero attached hydrogens (tertiary/aromatic N) is 1. The minimum atomic E-state index is -0.153. The highest BCUT2D eigenvalue weighted by molar-refractivity contribution is 6.04. The molecule has 2 fully saturated rings. The standard InChI is InChI=1S/C28H32N4O/c1-17-22(6-4-8-25(17)29-3)23-7-5-9-26(18(23)2)32-28(33)27-14-24(19-10-11-19)20(16-31-27)15-30-21-12-13-21/h4-9,14,16,19,21,29-30H,10-13,15H2,1-3H3,(H,32,33). The molecule has 0 saturated heterocycles. The molecule has 5 nitrogen and oxygen atoms in total. The predicted molar refractivity (Wildman–Crippen MR) is 135 cm³/mol. The van der Waals surface area contributed by atoms with Crippen molar-refractivity contribution in [3.63, 3.8) is 0 Å². The van der Waals surface area contributed by atoms with Crippen LogP contribution < -0.4 is 16.0 Å². The second kappa shape index (κ2) is 8.99. The molecule has 0 atom stereocenters. The Morgan fingerprint density at radius 2 is 1.64 bits per heavy atom. The molecule has 3 aromatic rings. The van der Waals surface area contributed by atoms with Gasteiger partial charge in [-0.1, -0.05) is 24.3 Å². The van der Waals surface area contributed by atoms with Gasteiger partial charge in [0.25, 0.3) is 5.91 Å². The number of hydrogen-bond donors (Lipinski definition) is 3. The molecule has 0 bridgehead atoms. The lowest BCUT2D eigenvalue weighted by Gasteiger charge is -2.16. The van der Waals surface area contributed by atoms with E-state index in [1.54, 1.807) is 0 Å². The van der Waals surface area contributed by atoms with Gasteiger partial charge >= 0.3 is 0 Å². The molecule has 1 heterocycles. The number of pyridine rings is 1. The normalized spacial score (nSPS) is 15.4. The SMILES string of the molecule is CNc1cccc(-c2cccc(NC(=O)c3cc(C4CC4)c(CNC4CC4)cn3)c2C)c1C. The van der Waals surface area contributed by atoms with Crippen molar-refractivity contribution in [1.29, 1.82) is 0 Å². The minimum absolute atomic E-state index is 0.153. The lowest BCUT2D eigenvalue weighted by molar-refractivity contribution is 0.102. The Kier molecular flexibility index (Phi) is 5.90. The lowest BCUT2D eigenvalue weighted by Crippen LogP contribution is -2.19. The molecule has 5 heteroatoms. The maximum atomic E-state index is 13.2. The average Bonchev–Trinajstić information content (AvgIpc) is 3.74. The number of rotatable bonds is 8. The summed E-state index contributed by atoms with van der Waals surface area (Å²) in [5.41, 5.74) is 9.47. The fraction of sp³-hybridized carbons (Fsp3) is 0.357. The van der Waals surface area contributed by atoms with Crippen molar-refractivity contribution in [3.05, 3.63) is 76.6 Å². The second-order valence-electron chi connectivity index (χ2n) is 9.36. The second-order valence-corrected chi connectivity index (χ2v) is 9.36. The fourth-order valence-electron chi connectivity index (χ4n) is 4.53. The Balaban J connectivity index is 1.39. The summed E-state index contributed by atoms with van der Waals surface area (Å²) in [5, 5.41) is 9.95. The summed E-state index contributed by atoms with van der Waals surface area (Å²) in [5.74, 6) is 0.419. The van der Waals surface area contributed by atoms with E-state index in [1.807, 2.05) is 31.4 Å². The monoisotopic (exact) mass is 440 g/mol. The van der Waals surface area contributed by atoms with Crippen LogP contribution in [0.5, 0.6) is 0 Å². The van der Waals surface area contributed by atoms with Crippen molar-refractivity contribution in [2.24, 2.45) is 0 Å². The van der Waals surface area contributed by atoms with Crippen LogP contribution in [0.3, 0.4) is 0 Å². The van der Waals surface area contributed by atoms with E-state index in [0.717, 1.165) is 34.6 Å². The van der Waals surface area contributed by atoms with Crippen molar-refractivity contribution in [1.82, 2.24) is 10.3 Å². The molecule has 2 aliphatic rings. The van der Waals surface area contributed by atoms with Crippen LogP contribution in [-0.4, -0.2) is 24.0 Å². The number of carbonyl (C=O) groups is 1. The zero-order valence-corrected chi connectivity index (χ0v) is 19.7. The third-order valence-corrected chi connectivity index (χ3v) is 6.91. The molecule has 33 heavy (non-hydrogen) atoms. The smallest absolute Gasteiger partial charge is 0.274 e. The van der Waals surface area contributed by atoms with Crippen molar-refractivity contribution >= 4 is 17.3 Å². The maximum absolute atomic E-state index is 13.2. The molecule has 0 unspecified atom stereocenters. The summed E-state index contributed by atoms with van der Waals surface area (Å²) in [7, 11) is 1.94. The fourth-order valence-corrected chi connectivity index (χ4v) is 4.53. The number of hydrogen-bond acceptors (Lipinski definition) is 4. The molecule has 5 rings (SSSR count). The van der Waals surface area contributed by atoms with Crippen LogP contribution in [0.25, 0.3) is 11.1 Å². The van der Waals surface area contributed by atoms with Gasteiger partial charge in [-0.25, -0.2) is 0 Å². The molecule has 2 aromatic carbocycles. The first-order valence-corrected chi connectivity index (χ1v) is 12.0. The van der Waals surface area contributed by atoms with E-state index >= 15 is 0 Å². The summed E-state index contributed by atoms with van der Waals surface area (Å²) >= 11 is 0. The quantitative estimate of drug-likeness (QED) is 0.415. The Labute approximate surface area is 196 Å². The summed E-state index contributed by atoms with van der Waals surface area (Å²) in [4.78, 5) is 17.7. The highest BCUT2D eigenvalue weighted by Crippen LogP contribution is 2.42. The molecular weight excluding hydrogens is 408 g/mol. The van der Waals surface area contributed by atoms with Crippen LogP contribution >= 0.6 is 0 Å². The molecule has 2 aliphatic carbocycles. The van der Waals surface area contributed by atoms with Crippen LogP contribution in [0.1, 0.15) is 64.3 Å². The van der Waals surface area contributed by atoms with Gasteiger partial charge in [0.05, 0.1) is 0 Å². The van der Waals surface area contributed by atoms with Crippen molar-refractivity contribution in [2.75, 3.05) is 17.7 Å². The van der Waals surface area contributed by atoms with Gasteiger partial charge in [-0.05, 0) is 97.0 Å². The van der Waals surface area contributed by atoms with Crippen molar-refractivity contribution < 1.29 is 4.79 Å². The predicted octanol–water partition coefficient (Wildman–Crippen LogP) is 5.79. The van der Waals surface area contributed by atoms with Crippen LogP contribution in [-0.2, 0) is 6.54 Å². The van der Waals surface area contributed by atoms with Crippen LogP contribution in [0.2, 0.25) is 0 Å². The molecular formula is C28H32N4O. The van der Waals surface area contributed by atoms with Crippen molar-refractivity contribution in [3.8, 4) is 11.1 Å². The van der Waals surface area contributed by atoms with Gasteiger partial charge in [0.15, 0.2) is 0 Å². The van der Waals surface area contributed by atoms with Crippen LogP contribution in [0.4, 0.5) is 11.4 Å². The number of benzene rings is 2. The molecule has 1 aromatic heterocycles. The van der Waals surface area contributed by atoms with Crippen LogP contribution in [0.15, 0.2) is 48.7 Å². The molecule has 170 valence electrons. The number of carbonyl (C=O) groups excluding carboxylic acids is 1. The maximum Gasteiger partial charge on any atom is 0.274 e. The zero-order chi connectivity index (χ0) is 22.9. The van der Waals surface area contributed by atoms with Gasteiger partial charge in [0.2, 0.25) is 0 Å². The van der Waals surface area contributed by atoms with E-state index in [4.69, 9.17) is 0 Å². The first kappa shape index (κ1) is 21.7. The Morgan fingerprint density at radius 3 is 2.27 bits per heavy atom. The van der Waals surface area contributed by atoms with Gasteiger partial charge in [-0.2, -0.15) is 0 Å². The number of amides is 1. The number of aromatic nitrogens is 1. The number of anilines is 2. The van der Waals surface area contributed by atoms with E-state index in [9.17, 15) is 4.79 Å². The summed E-state index contributed by atoms with van der Waals surface area (Å²) in [6, 6.07) is 15.0. The van der Waals surface area contributed by atoms with E-state index in [1.165, 1.54) is 42.4 Å². The largest absolute Gasteiger partial charge is 0.388 e. The van der Waals surface area contributed by atoms with E-state index in [2.05, 4.69) is 59.0 Å². The Morgan fingerprint density at radius 1 is 0.970 bits per heavy atom. The molecule has 2 saturated carbocycles. The van der Waals surface area contributed by atoms with E-state index in [0.29, 0.717) is 17.7 Å². The Bertz CT molecular complexity index is 1190. The van der Waals surface area contributed by atoms with Crippen molar-refractivity contribution in [2.45, 2.75) is 58.0 Å². The molecule has 3 N–H and O–H groups in total. The lowest BCUT2D eigenvalue weighted by atomic mass is 9.94. The summed E-state index contributed by atoms with van der Waals surface area (Å²) < 4.78 is 0. The van der Waals surface area contributed by atoms with Gasteiger partial charge in [0, 0.05) is 37.2 Å². The third kappa shape index (κ3) is 4.64. The highest BCUT2D eigenvalue weighted by Gasteiger charge is 2.28. The average molecular weight is 441 g/mol. The van der Waals surface area contributed by atoms with Gasteiger partial charge in [0.1, 0.15) is 5.69 Å². The van der Waals surface area contributed by atoms with Crippen LogP contribution in [0, 0.1) is 13.8 Å². The number of nitrogens with one attached hydrogen (secondary N) is 3. The van der Waals surface area contributed by atoms with Gasteiger partial charge < -0.3 is 16.0 Å². The summed E-state index contributed by atoms with van der Waals surface area (Å²) in [6.07, 6.45) is 6.84. The first-order chi connectivity index (χ1) is 16.0. The van der Waals surface area contributed by atoms with Gasteiger partial charge in [-0.15, -0.1) is 0 Å². The molecule has 0 aliphatic heterocycles. The first-order valence-electron chi connectivity index (χ1n) is 12.0. The molecule has 0 radical (unpaired) electrons. The van der Waals surface area contributed by atoms with E-state index < -0.39 is 0 Å². The van der Waals surface area contributed by atoms with E-state index in [-0.39, 0.29) is 5.91 Å². The molecule has 1 amide bonds. The minimum Gasteiger partial charge on any atom is -0.388 e. The zero-order valence-electron chi connectivity index (χ0n) is 19.7.